The van der Waals surface area contributed by atoms with Gasteiger partial charge in [0.05, 0.1) is 9.88 Å². The van der Waals surface area contributed by atoms with Crippen molar-refractivity contribution in [1.29, 1.82) is 0 Å². The van der Waals surface area contributed by atoms with Crippen LogP contribution in [-0.2, 0) is 0 Å². The highest BCUT2D eigenvalue weighted by atomic mass is 32.1. The molecule has 0 saturated heterocycles. The van der Waals surface area contributed by atoms with Gasteiger partial charge in [-0.15, -0.1) is 11.3 Å². The molecule has 1 aromatic carbocycles. The van der Waals surface area contributed by atoms with Crippen LogP contribution in [-0.4, -0.2) is 23.5 Å². The Morgan fingerprint density at radius 3 is 2.76 bits per heavy atom. The highest BCUT2D eigenvalue weighted by molar-refractivity contribution is 7.15. The number of carbonyl (C=O) groups excluding carboxylic acids is 1. The van der Waals surface area contributed by atoms with E-state index in [1.54, 1.807) is 11.3 Å². The third kappa shape index (κ3) is 3.14. The van der Waals surface area contributed by atoms with Crippen LogP contribution in [0.4, 0.5) is 0 Å². The molecule has 21 heavy (non-hydrogen) atoms. The summed E-state index contributed by atoms with van der Waals surface area (Å²) >= 11 is 1.55. The lowest BCUT2D eigenvalue weighted by atomic mass is 10.1. The normalized spacial score (nSPS) is 15.7. The largest absolute Gasteiger partial charge is 0.346 e. The van der Waals surface area contributed by atoms with Crippen molar-refractivity contribution in [2.24, 2.45) is 11.7 Å². The van der Waals surface area contributed by atoms with E-state index in [2.05, 4.69) is 10.3 Å². The van der Waals surface area contributed by atoms with Crippen LogP contribution in [0.1, 0.15) is 28.3 Å². The first-order valence-electron chi connectivity index (χ1n) is 7.23. The SMILES string of the molecule is Cc1nc(C(=O)N[C@@H](CN)C2CC2)c(-c2ccccc2)s1. The molecule has 1 fully saturated rings. The molecule has 1 aromatic heterocycles. The zero-order valence-corrected chi connectivity index (χ0v) is 12.8. The highest BCUT2D eigenvalue weighted by Gasteiger charge is 2.32. The molecule has 1 saturated carbocycles. The van der Waals surface area contributed by atoms with E-state index in [1.165, 1.54) is 0 Å². The van der Waals surface area contributed by atoms with Gasteiger partial charge in [-0.1, -0.05) is 30.3 Å². The van der Waals surface area contributed by atoms with Gasteiger partial charge < -0.3 is 11.1 Å². The van der Waals surface area contributed by atoms with Crippen molar-refractivity contribution in [3.05, 3.63) is 41.0 Å². The number of aromatic nitrogens is 1. The van der Waals surface area contributed by atoms with Gasteiger partial charge in [-0.25, -0.2) is 4.98 Å². The number of nitrogens with one attached hydrogen (secondary N) is 1. The van der Waals surface area contributed by atoms with Crippen LogP contribution in [0.3, 0.4) is 0 Å². The minimum atomic E-state index is -0.111. The molecular formula is C16H19N3OS. The predicted molar refractivity (Wildman–Crippen MR) is 85.3 cm³/mol. The number of rotatable bonds is 5. The lowest BCUT2D eigenvalue weighted by molar-refractivity contribution is 0.0929. The Labute approximate surface area is 128 Å². The van der Waals surface area contributed by atoms with Crippen molar-refractivity contribution < 1.29 is 4.79 Å². The molecule has 0 aliphatic heterocycles. The van der Waals surface area contributed by atoms with Crippen LogP contribution >= 0.6 is 11.3 Å². The Morgan fingerprint density at radius 2 is 2.14 bits per heavy atom. The van der Waals surface area contributed by atoms with Crippen LogP contribution in [0.5, 0.6) is 0 Å². The summed E-state index contributed by atoms with van der Waals surface area (Å²) in [4.78, 5) is 17.9. The number of amides is 1. The Kier molecular flexibility index (Phi) is 4.03. The lowest BCUT2D eigenvalue weighted by Crippen LogP contribution is -2.42. The number of benzene rings is 1. The average molecular weight is 301 g/mol. The maximum absolute atomic E-state index is 12.5. The second kappa shape index (κ2) is 5.95. The second-order valence-electron chi connectivity index (χ2n) is 5.43. The molecule has 1 atom stereocenters. The van der Waals surface area contributed by atoms with Crippen molar-refractivity contribution in [2.45, 2.75) is 25.8 Å². The summed E-state index contributed by atoms with van der Waals surface area (Å²) in [6, 6.07) is 9.99. The Bertz CT molecular complexity index is 634. The molecule has 0 spiro atoms. The summed E-state index contributed by atoms with van der Waals surface area (Å²) in [6.45, 7) is 2.41. The van der Waals surface area contributed by atoms with Gasteiger partial charge in [0.1, 0.15) is 5.69 Å². The smallest absolute Gasteiger partial charge is 0.271 e. The molecule has 4 nitrogen and oxygen atoms in total. The topological polar surface area (TPSA) is 68.0 Å². The van der Waals surface area contributed by atoms with Crippen LogP contribution in [0.25, 0.3) is 10.4 Å². The van der Waals surface area contributed by atoms with Crippen LogP contribution < -0.4 is 11.1 Å². The van der Waals surface area contributed by atoms with Gasteiger partial charge in [0, 0.05) is 12.6 Å². The molecule has 5 heteroatoms. The van der Waals surface area contributed by atoms with Gasteiger partial charge in [0.15, 0.2) is 0 Å². The highest BCUT2D eigenvalue weighted by Crippen LogP contribution is 2.33. The van der Waals surface area contributed by atoms with Gasteiger partial charge in [0.25, 0.3) is 5.91 Å². The third-order valence-electron chi connectivity index (χ3n) is 3.75. The summed E-state index contributed by atoms with van der Waals surface area (Å²) in [5, 5.41) is 3.95. The summed E-state index contributed by atoms with van der Waals surface area (Å²) in [5.41, 5.74) is 7.31. The van der Waals surface area contributed by atoms with Crippen molar-refractivity contribution in [3.8, 4) is 10.4 Å². The van der Waals surface area contributed by atoms with E-state index in [9.17, 15) is 4.79 Å². The van der Waals surface area contributed by atoms with Crippen molar-refractivity contribution in [3.63, 3.8) is 0 Å². The standard InChI is InChI=1S/C16H19N3OS/c1-10-18-14(15(21-10)12-5-3-2-4-6-12)16(20)19-13(9-17)11-7-8-11/h2-6,11,13H,7-9,17H2,1H3,(H,19,20)/t13-/m0/s1. The van der Waals surface area contributed by atoms with E-state index in [1.807, 2.05) is 37.3 Å². The Morgan fingerprint density at radius 1 is 1.43 bits per heavy atom. The van der Waals surface area contributed by atoms with E-state index in [4.69, 9.17) is 5.73 Å². The summed E-state index contributed by atoms with van der Waals surface area (Å²) in [7, 11) is 0. The summed E-state index contributed by atoms with van der Waals surface area (Å²) in [5.74, 6) is 0.430. The van der Waals surface area contributed by atoms with E-state index in [-0.39, 0.29) is 11.9 Å². The fourth-order valence-electron chi connectivity index (χ4n) is 2.47. The zero-order valence-electron chi connectivity index (χ0n) is 12.0. The number of nitrogens with zero attached hydrogens (tertiary/aromatic N) is 1. The van der Waals surface area contributed by atoms with Crippen molar-refractivity contribution in [2.75, 3.05) is 6.54 Å². The van der Waals surface area contributed by atoms with Crippen molar-refractivity contribution in [1.82, 2.24) is 10.3 Å². The molecule has 110 valence electrons. The minimum absolute atomic E-state index is 0.0723. The maximum Gasteiger partial charge on any atom is 0.271 e. The lowest BCUT2D eigenvalue weighted by Gasteiger charge is -2.15. The average Bonchev–Trinajstić information content (AvgIpc) is 3.27. The maximum atomic E-state index is 12.5. The molecule has 3 N–H and O–H groups in total. The minimum Gasteiger partial charge on any atom is -0.346 e. The van der Waals surface area contributed by atoms with Crippen molar-refractivity contribution >= 4 is 17.2 Å². The van der Waals surface area contributed by atoms with Gasteiger partial charge in [-0.3, -0.25) is 4.79 Å². The quantitative estimate of drug-likeness (QED) is 0.892. The number of nitrogens with two attached hydrogens (primary N) is 1. The second-order valence-corrected chi connectivity index (χ2v) is 6.63. The Balaban J connectivity index is 1.86. The molecular weight excluding hydrogens is 282 g/mol. The first kappa shape index (κ1) is 14.2. The monoisotopic (exact) mass is 301 g/mol. The van der Waals surface area contributed by atoms with Crippen LogP contribution in [0.15, 0.2) is 30.3 Å². The number of hydrogen-bond acceptors (Lipinski definition) is 4. The van der Waals surface area contributed by atoms with Crippen LogP contribution in [0.2, 0.25) is 0 Å². The first-order valence-corrected chi connectivity index (χ1v) is 8.04. The molecule has 1 amide bonds. The molecule has 3 rings (SSSR count). The predicted octanol–water partition coefficient (Wildman–Crippen LogP) is 2.59. The van der Waals surface area contributed by atoms with E-state index in [0.29, 0.717) is 18.2 Å². The molecule has 0 unspecified atom stereocenters. The Hall–Kier alpha value is -1.72. The zero-order chi connectivity index (χ0) is 14.8. The van der Waals surface area contributed by atoms with E-state index in [0.717, 1.165) is 28.3 Å². The molecule has 1 aliphatic rings. The first-order chi connectivity index (χ1) is 10.2. The molecule has 1 aliphatic carbocycles. The number of thiazole rings is 1. The molecule has 0 bridgehead atoms. The fraction of sp³-hybridized carbons (Fsp3) is 0.375. The number of hydrogen-bond donors (Lipinski definition) is 2. The van der Waals surface area contributed by atoms with Gasteiger partial charge in [-0.2, -0.15) is 0 Å². The number of carbonyl (C=O) groups is 1. The summed E-state index contributed by atoms with van der Waals surface area (Å²) in [6.07, 6.45) is 2.31. The van der Waals surface area contributed by atoms with E-state index < -0.39 is 0 Å². The fourth-order valence-corrected chi connectivity index (χ4v) is 3.39. The van der Waals surface area contributed by atoms with E-state index >= 15 is 0 Å². The van der Waals surface area contributed by atoms with Gasteiger partial charge >= 0.3 is 0 Å². The molecule has 2 aromatic rings. The van der Waals surface area contributed by atoms with Crippen LogP contribution in [0, 0.1) is 12.8 Å². The van der Waals surface area contributed by atoms with Gasteiger partial charge in [-0.05, 0) is 31.2 Å². The molecule has 0 radical (unpaired) electrons. The summed E-state index contributed by atoms with van der Waals surface area (Å²) < 4.78 is 0. The number of aryl methyl sites for hydroxylation is 1. The third-order valence-corrected chi connectivity index (χ3v) is 4.77. The van der Waals surface area contributed by atoms with Gasteiger partial charge in [0.2, 0.25) is 0 Å². The molecule has 1 heterocycles.